The maximum atomic E-state index is 12.0. The van der Waals surface area contributed by atoms with Crippen molar-refractivity contribution in [1.29, 1.82) is 0 Å². The van der Waals surface area contributed by atoms with Crippen LogP contribution in [0.3, 0.4) is 0 Å². The summed E-state index contributed by atoms with van der Waals surface area (Å²) in [6, 6.07) is -0.152. The molecule has 0 radical (unpaired) electrons. The molecule has 1 aliphatic heterocycles. The number of hydrogen-bond acceptors (Lipinski definition) is 3. The van der Waals surface area contributed by atoms with E-state index in [2.05, 4.69) is 12.2 Å². The van der Waals surface area contributed by atoms with Gasteiger partial charge in [-0.05, 0) is 19.3 Å². The molecule has 104 valence electrons. The lowest BCUT2D eigenvalue weighted by Crippen LogP contribution is -2.50. The maximum absolute atomic E-state index is 12.0. The molecule has 0 aromatic carbocycles. The minimum Gasteiger partial charge on any atom is -0.353 e. The Morgan fingerprint density at radius 3 is 2.50 bits per heavy atom. The van der Waals surface area contributed by atoms with E-state index in [4.69, 9.17) is 5.73 Å². The van der Waals surface area contributed by atoms with Crippen molar-refractivity contribution in [3.05, 3.63) is 0 Å². The monoisotopic (exact) mass is 255 g/mol. The number of nitrogens with two attached hydrogens (primary N) is 1. The molecule has 0 saturated carbocycles. The van der Waals surface area contributed by atoms with E-state index < -0.39 is 0 Å². The summed E-state index contributed by atoms with van der Waals surface area (Å²) in [5.74, 6) is 0.0594. The van der Waals surface area contributed by atoms with Crippen molar-refractivity contribution in [2.75, 3.05) is 13.1 Å². The molecule has 0 spiro atoms. The molecule has 2 amide bonds. The fourth-order valence-corrected chi connectivity index (χ4v) is 2.31. The van der Waals surface area contributed by atoms with Crippen LogP contribution in [0, 0.1) is 0 Å². The number of piperidine rings is 1. The van der Waals surface area contributed by atoms with Gasteiger partial charge in [0.25, 0.3) is 0 Å². The summed E-state index contributed by atoms with van der Waals surface area (Å²) in [5, 5.41) is 2.90. The summed E-state index contributed by atoms with van der Waals surface area (Å²) in [7, 11) is 0. The zero-order chi connectivity index (χ0) is 13.5. The number of likely N-dealkylation sites (tertiary alicyclic amines) is 1. The average Bonchev–Trinajstić information content (AvgIpc) is 2.35. The summed E-state index contributed by atoms with van der Waals surface area (Å²) < 4.78 is 0. The zero-order valence-corrected chi connectivity index (χ0v) is 11.4. The van der Waals surface area contributed by atoms with Crippen LogP contribution < -0.4 is 11.1 Å². The Morgan fingerprint density at radius 1 is 1.39 bits per heavy atom. The smallest absolute Gasteiger partial charge is 0.239 e. The van der Waals surface area contributed by atoms with Gasteiger partial charge in [-0.2, -0.15) is 0 Å². The highest BCUT2D eigenvalue weighted by molar-refractivity contribution is 5.81. The van der Waals surface area contributed by atoms with Gasteiger partial charge in [-0.1, -0.05) is 19.8 Å². The van der Waals surface area contributed by atoms with Gasteiger partial charge in [0.15, 0.2) is 0 Å². The van der Waals surface area contributed by atoms with E-state index in [1.807, 2.05) is 4.90 Å². The van der Waals surface area contributed by atoms with Crippen LogP contribution in [0.15, 0.2) is 0 Å². The predicted molar refractivity (Wildman–Crippen MR) is 70.9 cm³/mol. The van der Waals surface area contributed by atoms with Crippen LogP contribution in [0.5, 0.6) is 0 Å². The summed E-state index contributed by atoms with van der Waals surface area (Å²) >= 11 is 0. The number of nitrogens with zero attached hydrogens (tertiary/aromatic N) is 1. The summed E-state index contributed by atoms with van der Waals surface area (Å²) in [6.45, 7) is 5.02. The van der Waals surface area contributed by atoms with Crippen molar-refractivity contribution >= 4 is 11.8 Å². The molecule has 0 aromatic heterocycles. The van der Waals surface area contributed by atoms with Crippen LogP contribution >= 0.6 is 0 Å². The minimum atomic E-state index is -0.359. The third-order valence-electron chi connectivity index (χ3n) is 3.40. The number of hydrogen-bond donors (Lipinski definition) is 2. The summed E-state index contributed by atoms with van der Waals surface area (Å²) in [5.41, 5.74) is 5.89. The maximum Gasteiger partial charge on any atom is 0.239 e. The minimum absolute atomic E-state index is 0.000534. The third kappa shape index (κ3) is 4.64. The average molecular weight is 255 g/mol. The van der Waals surface area contributed by atoms with Gasteiger partial charge in [0.2, 0.25) is 11.8 Å². The third-order valence-corrected chi connectivity index (χ3v) is 3.40. The van der Waals surface area contributed by atoms with E-state index in [1.54, 1.807) is 0 Å². The molecular weight excluding hydrogens is 230 g/mol. The standard InChI is InChI=1S/C13H25N3O2/c1-3-4-5-12(14)13(18)16-8-6-11(7-9-16)15-10(2)17/h11-12H,3-9,14H2,1-2H3,(H,15,17). The second kappa shape index (κ2) is 7.36. The van der Waals surface area contributed by atoms with E-state index in [-0.39, 0.29) is 23.9 Å². The van der Waals surface area contributed by atoms with Gasteiger partial charge in [-0.3, -0.25) is 9.59 Å². The fourth-order valence-electron chi connectivity index (χ4n) is 2.31. The van der Waals surface area contributed by atoms with Gasteiger partial charge < -0.3 is 16.0 Å². The first-order valence-corrected chi connectivity index (χ1v) is 6.86. The van der Waals surface area contributed by atoms with Crippen LogP contribution in [-0.4, -0.2) is 41.9 Å². The lowest BCUT2D eigenvalue weighted by Gasteiger charge is -2.33. The highest BCUT2D eigenvalue weighted by atomic mass is 16.2. The number of rotatable bonds is 5. The quantitative estimate of drug-likeness (QED) is 0.756. The lowest BCUT2D eigenvalue weighted by atomic mass is 10.0. The van der Waals surface area contributed by atoms with E-state index in [1.165, 1.54) is 6.92 Å². The summed E-state index contributed by atoms with van der Waals surface area (Å²) in [4.78, 5) is 24.8. The van der Waals surface area contributed by atoms with Crippen LogP contribution in [0.25, 0.3) is 0 Å². The Bertz CT molecular complexity index is 286. The molecule has 5 nitrogen and oxygen atoms in total. The van der Waals surface area contributed by atoms with Crippen molar-refractivity contribution in [1.82, 2.24) is 10.2 Å². The second-order valence-electron chi connectivity index (χ2n) is 5.05. The Labute approximate surface area is 109 Å². The zero-order valence-electron chi connectivity index (χ0n) is 11.4. The Balaban J connectivity index is 2.33. The first-order chi connectivity index (χ1) is 8.54. The van der Waals surface area contributed by atoms with Crippen molar-refractivity contribution in [2.45, 2.75) is 58.0 Å². The van der Waals surface area contributed by atoms with Gasteiger partial charge in [0, 0.05) is 26.1 Å². The van der Waals surface area contributed by atoms with E-state index in [0.717, 1.165) is 32.1 Å². The molecule has 0 aliphatic carbocycles. The van der Waals surface area contributed by atoms with Crippen molar-refractivity contribution < 1.29 is 9.59 Å². The Kier molecular flexibility index (Phi) is 6.12. The number of carbonyl (C=O) groups is 2. The van der Waals surface area contributed by atoms with Gasteiger partial charge >= 0.3 is 0 Å². The van der Waals surface area contributed by atoms with Crippen LogP contribution in [0.2, 0.25) is 0 Å². The molecule has 1 saturated heterocycles. The van der Waals surface area contributed by atoms with Gasteiger partial charge in [0.1, 0.15) is 0 Å². The molecular formula is C13H25N3O2. The molecule has 1 unspecified atom stereocenters. The Morgan fingerprint density at radius 2 is 2.00 bits per heavy atom. The van der Waals surface area contributed by atoms with Crippen molar-refractivity contribution in [3.8, 4) is 0 Å². The van der Waals surface area contributed by atoms with Gasteiger partial charge in [-0.25, -0.2) is 0 Å². The molecule has 1 aliphatic rings. The number of amides is 2. The van der Waals surface area contributed by atoms with Crippen molar-refractivity contribution in [2.24, 2.45) is 5.73 Å². The molecule has 1 fully saturated rings. The number of carbonyl (C=O) groups excluding carboxylic acids is 2. The molecule has 0 bridgehead atoms. The van der Waals surface area contributed by atoms with Crippen LogP contribution in [-0.2, 0) is 9.59 Å². The Hall–Kier alpha value is -1.10. The second-order valence-corrected chi connectivity index (χ2v) is 5.05. The van der Waals surface area contributed by atoms with E-state index in [0.29, 0.717) is 13.1 Å². The largest absolute Gasteiger partial charge is 0.353 e. The fraction of sp³-hybridized carbons (Fsp3) is 0.846. The predicted octanol–water partition coefficient (Wildman–Crippen LogP) is 0.631. The number of nitrogens with one attached hydrogen (secondary N) is 1. The number of unbranched alkanes of at least 4 members (excludes halogenated alkanes) is 1. The molecule has 18 heavy (non-hydrogen) atoms. The first-order valence-electron chi connectivity index (χ1n) is 6.86. The molecule has 1 rings (SSSR count). The van der Waals surface area contributed by atoms with E-state index >= 15 is 0 Å². The normalized spacial score (nSPS) is 18.5. The topological polar surface area (TPSA) is 75.4 Å². The molecule has 5 heteroatoms. The molecule has 1 heterocycles. The van der Waals surface area contributed by atoms with Crippen LogP contribution in [0.4, 0.5) is 0 Å². The van der Waals surface area contributed by atoms with Gasteiger partial charge in [0.05, 0.1) is 6.04 Å². The van der Waals surface area contributed by atoms with Crippen molar-refractivity contribution in [3.63, 3.8) is 0 Å². The van der Waals surface area contributed by atoms with Gasteiger partial charge in [-0.15, -0.1) is 0 Å². The first kappa shape index (κ1) is 15.0. The molecule has 1 atom stereocenters. The van der Waals surface area contributed by atoms with E-state index in [9.17, 15) is 9.59 Å². The van der Waals surface area contributed by atoms with Crippen LogP contribution in [0.1, 0.15) is 46.0 Å². The molecule has 3 N–H and O–H groups in total. The molecule has 0 aromatic rings. The highest BCUT2D eigenvalue weighted by Gasteiger charge is 2.26. The lowest BCUT2D eigenvalue weighted by molar-refractivity contribution is -0.134. The SMILES string of the molecule is CCCCC(N)C(=O)N1CCC(NC(C)=O)CC1. The summed E-state index contributed by atoms with van der Waals surface area (Å²) in [6.07, 6.45) is 4.47. The highest BCUT2D eigenvalue weighted by Crippen LogP contribution is 2.12.